The van der Waals surface area contributed by atoms with Crippen molar-refractivity contribution in [2.75, 3.05) is 13.7 Å². The van der Waals surface area contributed by atoms with Crippen molar-refractivity contribution in [3.05, 3.63) is 0 Å². The van der Waals surface area contributed by atoms with Gasteiger partial charge in [-0.2, -0.15) is 0 Å². The molecule has 1 saturated heterocycles. The third kappa shape index (κ3) is 16.9. The van der Waals surface area contributed by atoms with Crippen LogP contribution in [-0.4, -0.2) is 40.3 Å². The molecule has 4 nitrogen and oxygen atoms in total. The molecule has 0 radical (unpaired) electrons. The van der Waals surface area contributed by atoms with Crippen LogP contribution in [0.3, 0.4) is 0 Å². The highest BCUT2D eigenvalue weighted by Gasteiger charge is 2.17. The smallest absolute Gasteiger partial charge is 0.305 e. The number of aliphatic hydroxyl groups is 1. The summed E-state index contributed by atoms with van der Waals surface area (Å²) in [7, 11) is 1.00. The number of ether oxygens (including phenoxy) is 1. The molecular weight excluding hydrogens is 266 g/mol. The van der Waals surface area contributed by atoms with Gasteiger partial charge in [-0.3, -0.25) is 4.79 Å². The van der Waals surface area contributed by atoms with Gasteiger partial charge in [-0.25, -0.2) is 0 Å². The first-order chi connectivity index (χ1) is 7.02. The quantitative estimate of drug-likeness (QED) is 0.762. The van der Waals surface area contributed by atoms with E-state index in [1.807, 2.05) is 0 Å². The van der Waals surface area contributed by atoms with Gasteiger partial charge in [0.05, 0.1) is 12.5 Å². The van der Waals surface area contributed by atoms with E-state index in [-0.39, 0.29) is 12.5 Å². The SMILES string of the molecule is CO.ClC(Cl)Cl.O=C(O)CC1CCCO1. The number of hydrogen-bond acceptors (Lipinski definition) is 3. The standard InChI is InChI=1S/C6H10O3.CHCl3.CH4O/c7-6(8)4-5-2-1-3-9-5;2-1(3)4;1-2/h5H,1-4H2,(H,7,8);1H;2H,1H3. The van der Waals surface area contributed by atoms with Gasteiger partial charge in [0.1, 0.15) is 0 Å². The summed E-state index contributed by atoms with van der Waals surface area (Å²) >= 11 is 14.4. The highest BCUT2D eigenvalue weighted by Crippen LogP contribution is 2.14. The second-order valence-corrected chi connectivity index (χ2v) is 4.46. The molecule has 0 aromatic heterocycles. The average Bonchev–Trinajstić information content (AvgIpc) is 2.58. The molecule has 92 valence electrons. The van der Waals surface area contributed by atoms with Crippen LogP contribution in [0.25, 0.3) is 0 Å². The van der Waals surface area contributed by atoms with E-state index in [4.69, 9.17) is 49.8 Å². The third-order valence-corrected chi connectivity index (χ3v) is 1.43. The Morgan fingerprint density at radius 1 is 1.47 bits per heavy atom. The summed E-state index contributed by atoms with van der Waals surface area (Å²) in [6.07, 6.45) is 2.08. The Balaban J connectivity index is 0. The van der Waals surface area contributed by atoms with E-state index in [9.17, 15) is 4.79 Å². The van der Waals surface area contributed by atoms with Gasteiger partial charge in [-0.1, -0.05) is 34.8 Å². The van der Waals surface area contributed by atoms with Crippen molar-refractivity contribution in [2.24, 2.45) is 0 Å². The number of aliphatic hydroxyl groups excluding tert-OH is 1. The van der Waals surface area contributed by atoms with Crippen molar-refractivity contribution >= 4 is 40.8 Å². The lowest BCUT2D eigenvalue weighted by molar-refractivity contribution is -0.139. The number of aliphatic carboxylic acids is 1. The lowest BCUT2D eigenvalue weighted by atomic mass is 10.2. The van der Waals surface area contributed by atoms with Gasteiger partial charge < -0.3 is 14.9 Å². The molecule has 0 aliphatic carbocycles. The minimum absolute atomic E-state index is 0.0116. The van der Waals surface area contributed by atoms with E-state index < -0.39 is 10.3 Å². The van der Waals surface area contributed by atoms with Gasteiger partial charge in [0, 0.05) is 13.7 Å². The minimum atomic E-state index is -0.762. The molecule has 15 heavy (non-hydrogen) atoms. The molecule has 1 fully saturated rings. The molecule has 1 unspecified atom stereocenters. The molecule has 0 saturated carbocycles. The number of alkyl halides is 3. The van der Waals surface area contributed by atoms with Crippen molar-refractivity contribution in [3.8, 4) is 0 Å². The van der Waals surface area contributed by atoms with Gasteiger partial charge >= 0.3 is 5.97 Å². The van der Waals surface area contributed by atoms with E-state index in [1.165, 1.54) is 0 Å². The second kappa shape index (κ2) is 12.3. The molecule has 0 aromatic carbocycles. The number of rotatable bonds is 2. The fourth-order valence-corrected chi connectivity index (χ4v) is 1.00. The van der Waals surface area contributed by atoms with Crippen LogP contribution < -0.4 is 0 Å². The van der Waals surface area contributed by atoms with Crippen molar-refractivity contribution in [1.82, 2.24) is 0 Å². The summed E-state index contributed by atoms with van der Waals surface area (Å²) in [4.78, 5) is 10.1. The molecule has 0 spiro atoms. The van der Waals surface area contributed by atoms with Crippen LogP contribution in [0.2, 0.25) is 0 Å². The van der Waals surface area contributed by atoms with E-state index in [0.717, 1.165) is 26.6 Å². The predicted molar refractivity (Wildman–Crippen MR) is 60.7 cm³/mol. The summed E-state index contributed by atoms with van der Waals surface area (Å²) in [5.74, 6) is -0.762. The Morgan fingerprint density at radius 3 is 2.20 bits per heavy atom. The van der Waals surface area contributed by atoms with Crippen molar-refractivity contribution < 1.29 is 19.7 Å². The van der Waals surface area contributed by atoms with Gasteiger partial charge in [0.2, 0.25) is 0 Å². The largest absolute Gasteiger partial charge is 0.481 e. The molecule has 0 amide bonds. The first-order valence-electron chi connectivity index (χ1n) is 4.22. The van der Waals surface area contributed by atoms with E-state index in [0.29, 0.717) is 0 Å². The molecule has 0 bridgehead atoms. The Hall–Kier alpha value is 0.260. The summed E-state index contributed by atoms with van der Waals surface area (Å²) in [6, 6.07) is 0. The van der Waals surface area contributed by atoms with Gasteiger partial charge in [0.15, 0.2) is 4.30 Å². The minimum Gasteiger partial charge on any atom is -0.481 e. The zero-order chi connectivity index (χ0) is 12.3. The Morgan fingerprint density at radius 2 is 1.93 bits per heavy atom. The van der Waals surface area contributed by atoms with E-state index >= 15 is 0 Å². The topological polar surface area (TPSA) is 66.8 Å². The van der Waals surface area contributed by atoms with E-state index in [2.05, 4.69) is 0 Å². The molecule has 1 heterocycles. The van der Waals surface area contributed by atoms with Crippen LogP contribution in [0.15, 0.2) is 0 Å². The van der Waals surface area contributed by atoms with Crippen LogP contribution in [0, 0.1) is 0 Å². The average molecular weight is 282 g/mol. The van der Waals surface area contributed by atoms with Gasteiger partial charge in [0.25, 0.3) is 0 Å². The zero-order valence-corrected chi connectivity index (χ0v) is 10.6. The molecule has 1 aliphatic rings. The zero-order valence-electron chi connectivity index (χ0n) is 8.33. The number of hydrogen-bond donors (Lipinski definition) is 2. The third-order valence-electron chi connectivity index (χ3n) is 1.43. The maximum atomic E-state index is 10.1. The lowest BCUT2D eigenvalue weighted by Gasteiger charge is -2.02. The van der Waals surface area contributed by atoms with Crippen LogP contribution in [0.1, 0.15) is 19.3 Å². The van der Waals surface area contributed by atoms with Gasteiger partial charge in [-0.05, 0) is 12.8 Å². The summed E-state index contributed by atoms with van der Waals surface area (Å²) in [5, 5.41) is 15.3. The second-order valence-electron chi connectivity index (χ2n) is 2.48. The Bertz CT molecular complexity index is 146. The molecule has 1 aliphatic heterocycles. The first-order valence-corrected chi connectivity index (χ1v) is 5.53. The predicted octanol–water partition coefficient (Wildman–Crippen LogP) is 2.24. The van der Waals surface area contributed by atoms with Crippen LogP contribution in [0.4, 0.5) is 0 Å². The fourth-order valence-electron chi connectivity index (χ4n) is 1.00. The van der Waals surface area contributed by atoms with Crippen LogP contribution in [0.5, 0.6) is 0 Å². The van der Waals surface area contributed by atoms with Crippen molar-refractivity contribution in [3.63, 3.8) is 0 Å². The maximum Gasteiger partial charge on any atom is 0.305 e. The summed E-state index contributed by atoms with van der Waals surface area (Å²) in [5.41, 5.74) is 0. The molecule has 1 rings (SSSR count). The molecule has 0 aromatic rings. The molecule has 2 N–H and O–H groups in total. The lowest BCUT2D eigenvalue weighted by Crippen LogP contribution is -2.10. The highest BCUT2D eigenvalue weighted by molar-refractivity contribution is 6.63. The van der Waals surface area contributed by atoms with Crippen LogP contribution >= 0.6 is 34.8 Å². The van der Waals surface area contributed by atoms with Crippen LogP contribution in [-0.2, 0) is 9.53 Å². The maximum absolute atomic E-state index is 10.1. The van der Waals surface area contributed by atoms with Crippen molar-refractivity contribution in [1.29, 1.82) is 0 Å². The number of halogens is 3. The Kier molecular flexibility index (Phi) is 14.5. The van der Waals surface area contributed by atoms with Gasteiger partial charge in [-0.15, -0.1) is 0 Å². The number of carboxylic acid groups (broad SMARTS) is 1. The number of carbonyl (C=O) groups is 1. The first kappa shape index (κ1) is 17.6. The van der Waals surface area contributed by atoms with Crippen molar-refractivity contribution in [2.45, 2.75) is 29.7 Å². The monoisotopic (exact) mass is 280 g/mol. The normalized spacial score (nSPS) is 18.7. The number of carboxylic acids is 1. The highest BCUT2D eigenvalue weighted by atomic mass is 35.6. The van der Waals surface area contributed by atoms with E-state index in [1.54, 1.807) is 0 Å². The summed E-state index contributed by atoms with van der Waals surface area (Å²) < 4.78 is 4.33. The molecule has 7 heteroatoms. The Labute approximate surface area is 104 Å². The summed E-state index contributed by atoms with van der Waals surface area (Å²) in [6.45, 7) is 0.734. The molecular formula is C8H15Cl3O4. The molecule has 1 atom stereocenters. The fraction of sp³-hybridized carbons (Fsp3) is 0.875.